The van der Waals surface area contributed by atoms with Crippen molar-refractivity contribution in [2.75, 3.05) is 11.9 Å². The minimum Gasteiger partial charge on any atom is -0.452 e. The first-order chi connectivity index (χ1) is 12.0. The Labute approximate surface area is 158 Å². The Kier molecular flexibility index (Phi) is 8.02. The Balaban J connectivity index is 2.58. The average molecular weight is 384 g/mol. The lowest BCUT2D eigenvalue weighted by atomic mass is 9.99. The normalized spacial score (nSPS) is 11.2. The van der Waals surface area contributed by atoms with Gasteiger partial charge in [-0.1, -0.05) is 11.6 Å². The van der Waals surface area contributed by atoms with Gasteiger partial charge in [0, 0.05) is 32.1 Å². The molecule has 7 nitrogen and oxygen atoms in total. The SMILES string of the molecule is CC(=O)OC(C)(C)C(=O)CCCNC(=O)c1cnc(Cl)cc1NC(C)C. The Morgan fingerprint density at radius 2 is 1.96 bits per heavy atom. The van der Waals surface area contributed by atoms with Gasteiger partial charge < -0.3 is 15.4 Å². The fraction of sp³-hybridized carbons (Fsp3) is 0.556. The maximum atomic E-state index is 12.4. The fourth-order valence-electron chi connectivity index (χ4n) is 2.30. The number of anilines is 1. The van der Waals surface area contributed by atoms with E-state index >= 15 is 0 Å². The fourth-order valence-corrected chi connectivity index (χ4v) is 2.46. The number of amides is 1. The van der Waals surface area contributed by atoms with Gasteiger partial charge in [-0.3, -0.25) is 14.4 Å². The standard InChI is InChI=1S/C18H26ClN3O4/c1-11(2)22-14-9-16(19)21-10-13(14)17(25)20-8-6-7-15(24)18(4,5)26-12(3)23/h9-11H,6-8H2,1-5H3,(H,20,25)(H,21,22). The van der Waals surface area contributed by atoms with Gasteiger partial charge in [-0.05, 0) is 40.2 Å². The summed E-state index contributed by atoms with van der Waals surface area (Å²) in [6.45, 7) is 8.58. The van der Waals surface area contributed by atoms with Crippen molar-refractivity contribution in [3.63, 3.8) is 0 Å². The molecule has 1 amide bonds. The number of Topliss-reactive ketones (excluding diaryl/α,β-unsaturated/α-hetero) is 1. The zero-order valence-corrected chi connectivity index (χ0v) is 16.6. The largest absolute Gasteiger partial charge is 0.452 e. The van der Waals surface area contributed by atoms with Crippen molar-refractivity contribution in [2.24, 2.45) is 0 Å². The second-order valence-electron chi connectivity index (χ2n) is 6.74. The quantitative estimate of drug-likeness (QED) is 0.386. The molecular weight excluding hydrogens is 358 g/mol. The van der Waals surface area contributed by atoms with E-state index in [9.17, 15) is 14.4 Å². The number of ether oxygens (including phenoxy) is 1. The third kappa shape index (κ3) is 7.00. The predicted molar refractivity (Wildman–Crippen MR) is 100 cm³/mol. The second kappa shape index (κ2) is 9.52. The molecule has 144 valence electrons. The van der Waals surface area contributed by atoms with Crippen LogP contribution in [0.5, 0.6) is 0 Å². The molecule has 0 radical (unpaired) electrons. The highest BCUT2D eigenvalue weighted by atomic mass is 35.5. The van der Waals surface area contributed by atoms with Crippen LogP contribution in [0.1, 0.15) is 57.8 Å². The van der Waals surface area contributed by atoms with Gasteiger partial charge in [0.1, 0.15) is 5.15 Å². The minimum atomic E-state index is -1.16. The van der Waals surface area contributed by atoms with Crippen molar-refractivity contribution in [3.8, 4) is 0 Å². The highest BCUT2D eigenvalue weighted by Crippen LogP contribution is 2.20. The molecule has 1 heterocycles. The Morgan fingerprint density at radius 1 is 1.31 bits per heavy atom. The molecule has 0 spiro atoms. The van der Waals surface area contributed by atoms with Gasteiger partial charge in [0.2, 0.25) is 0 Å². The molecule has 0 fully saturated rings. The van der Waals surface area contributed by atoms with Crippen molar-refractivity contribution < 1.29 is 19.1 Å². The number of carbonyl (C=O) groups excluding carboxylic acids is 3. The lowest BCUT2D eigenvalue weighted by Crippen LogP contribution is -2.37. The Bertz CT molecular complexity index is 674. The number of esters is 1. The summed E-state index contributed by atoms with van der Waals surface area (Å²) in [4.78, 5) is 39.4. The van der Waals surface area contributed by atoms with Crippen molar-refractivity contribution >= 4 is 34.9 Å². The van der Waals surface area contributed by atoms with E-state index in [0.717, 1.165) is 0 Å². The van der Waals surface area contributed by atoms with Gasteiger partial charge in [0.05, 0.1) is 11.3 Å². The molecule has 0 aliphatic rings. The van der Waals surface area contributed by atoms with Crippen molar-refractivity contribution in [3.05, 3.63) is 23.0 Å². The van der Waals surface area contributed by atoms with Crippen LogP contribution in [0, 0.1) is 0 Å². The molecule has 0 unspecified atom stereocenters. The van der Waals surface area contributed by atoms with Gasteiger partial charge in [-0.15, -0.1) is 0 Å². The molecule has 26 heavy (non-hydrogen) atoms. The van der Waals surface area contributed by atoms with Crippen LogP contribution < -0.4 is 10.6 Å². The molecule has 2 N–H and O–H groups in total. The predicted octanol–water partition coefficient (Wildman–Crippen LogP) is 2.98. The minimum absolute atomic E-state index is 0.126. The highest BCUT2D eigenvalue weighted by molar-refractivity contribution is 6.29. The van der Waals surface area contributed by atoms with Crippen LogP contribution in [-0.4, -0.2) is 40.8 Å². The molecule has 1 aromatic heterocycles. The van der Waals surface area contributed by atoms with E-state index in [0.29, 0.717) is 29.4 Å². The van der Waals surface area contributed by atoms with E-state index in [2.05, 4.69) is 15.6 Å². The molecule has 1 rings (SSSR count). The van der Waals surface area contributed by atoms with Gasteiger partial charge in [-0.25, -0.2) is 4.98 Å². The van der Waals surface area contributed by atoms with Crippen molar-refractivity contribution in [1.29, 1.82) is 0 Å². The third-order valence-electron chi connectivity index (χ3n) is 3.50. The third-order valence-corrected chi connectivity index (χ3v) is 3.70. The number of hydrogen-bond acceptors (Lipinski definition) is 6. The number of carbonyl (C=O) groups is 3. The molecule has 0 bridgehead atoms. The van der Waals surface area contributed by atoms with E-state index in [-0.39, 0.29) is 24.2 Å². The van der Waals surface area contributed by atoms with Crippen LogP contribution in [0.2, 0.25) is 5.15 Å². The van der Waals surface area contributed by atoms with Gasteiger partial charge in [0.25, 0.3) is 5.91 Å². The Hall–Kier alpha value is -2.15. The van der Waals surface area contributed by atoms with Crippen LogP contribution in [-0.2, 0) is 14.3 Å². The van der Waals surface area contributed by atoms with Crippen molar-refractivity contribution in [1.82, 2.24) is 10.3 Å². The summed E-state index contributed by atoms with van der Waals surface area (Å²) >= 11 is 5.89. The van der Waals surface area contributed by atoms with Crippen LogP contribution >= 0.6 is 11.6 Å². The lowest BCUT2D eigenvalue weighted by Gasteiger charge is -2.22. The highest BCUT2D eigenvalue weighted by Gasteiger charge is 2.29. The summed E-state index contributed by atoms with van der Waals surface area (Å²) in [5.41, 5.74) is -0.177. The number of hydrogen-bond donors (Lipinski definition) is 2. The molecule has 0 atom stereocenters. The average Bonchev–Trinajstić information content (AvgIpc) is 2.49. The lowest BCUT2D eigenvalue weighted by molar-refractivity contribution is -0.161. The molecule has 1 aromatic rings. The molecule has 0 saturated heterocycles. The number of nitrogens with zero attached hydrogens (tertiary/aromatic N) is 1. The number of halogens is 1. The Morgan fingerprint density at radius 3 is 2.54 bits per heavy atom. The monoisotopic (exact) mass is 383 g/mol. The van der Waals surface area contributed by atoms with E-state index in [1.54, 1.807) is 19.9 Å². The number of pyridine rings is 1. The molecule has 8 heteroatoms. The van der Waals surface area contributed by atoms with Crippen LogP contribution in [0.15, 0.2) is 12.3 Å². The van der Waals surface area contributed by atoms with Gasteiger partial charge in [0.15, 0.2) is 11.4 Å². The van der Waals surface area contributed by atoms with Crippen molar-refractivity contribution in [2.45, 2.75) is 59.1 Å². The summed E-state index contributed by atoms with van der Waals surface area (Å²) in [6.07, 6.45) is 2.04. The molecular formula is C18H26ClN3O4. The second-order valence-corrected chi connectivity index (χ2v) is 7.13. The number of rotatable bonds is 9. The first kappa shape index (κ1) is 21.9. The number of ketones is 1. The van der Waals surface area contributed by atoms with Crippen LogP contribution in [0.3, 0.4) is 0 Å². The molecule has 0 aliphatic heterocycles. The number of nitrogens with one attached hydrogen (secondary N) is 2. The zero-order valence-electron chi connectivity index (χ0n) is 15.8. The summed E-state index contributed by atoms with van der Waals surface area (Å²) in [5, 5.41) is 6.21. The number of aromatic nitrogens is 1. The summed E-state index contributed by atoms with van der Waals surface area (Å²) in [6, 6.07) is 1.72. The van der Waals surface area contributed by atoms with E-state index in [1.807, 2.05) is 13.8 Å². The summed E-state index contributed by atoms with van der Waals surface area (Å²) in [7, 11) is 0. The van der Waals surface area contributed by atoms with E-state index < -0.39 is 11.6 Å². The maximum absolute atomic E-state index is 12.4. The first-order valence-electron chi connectivity index (χ1n) is 8.46. The van der Waals surface area contributed by atoms with E-state index in [4.69, 9.17) is 16.3 Å². The molecule has 0 aromatic carbocycles. The summed E-state index contributed by atoms with van der Waals surface area (Å²) in [5.74, 6) is -1.00. The molecule has 0 aliphatic carbocycles. The van der Waals surface area contributed by atoms with Crippen LogP contribution in [0.4, 0.5) is 5.69 Å². The first-order valence-corrected chi connectivity index (χ1v) is 8.84. The van der Waals surface area contributed by atoms with Gasteiger partial charge in [-0.2, -0.15) is 0 Å². The summed E-state index contributed by atoms with van der Waals surface area (Å²) < 4.78 is 5.01. The smallest absolute Gasteiger partial charge is 0.303 e. The maximum Gasteiger partial charge on any atom is 0.303 e. The zero-order chi connectivity index (χ0) is 19.9. The molecule has 0 saturated carbocycles. The van der Waals surface area contributed by atoms with Gasteiger partial charge >= 0.3 is 5.97 Å². The van der Waals surface area contributed by atoms with E-state index in [1.165, 1.54) is 13.1 Å². The topological polar surface area (TPSA) is 97.4 Å². The van der Waals surface area contributed by atoms with Crippen LogP contribution in [0.25, 0.3) is 0 Å².